The lowest BCUT2D eigenvalue weighted by molar-refractivity contribution is 0.322. The molecule has 66 valence electrons. The van der Waals surface area contributed by atoms with E-state index < -0.39 is 0 Å². The van der Waals surface area contributed by atoms with Crippen LogP contribution in [0.1, 0.15) is 5.56 Å². The molecule has 0 radical (unpaired) electrons. The van der Waals surface area contributed by atoms with Crippen molar-refractivity contribution in [2.45, 2.75) is 0 Å². The molecule has 0 heterocycles. The molecule has 2 nitrogen and oxygen atoms in total. The van der Waals surface area contributed by atoms with Gasteiger partial charge in [-0.2, -0.15) is 0 Å². The molecule has 0 saturated heterocycles. The van der Waals surface area contributed by atoms with E-state index >= 15 is 0 Å². The van der Waals surface area contributed by atoms with Crippen molar-refractivity contribution in [1.29, 1.82) is 0 Å². The van der Waals surface area contributed by atoms with Crippen LogP contribution in [0.15, 0.2) is 23.4 Å². The minimum Gasteiger partial charge on any atom is -0.411 e. The van der Waals surface area contributed by atoms with Crippen LogP contribution in [0.5, 0.6) is 0 Å². The molecule has 1 rings (SSSR count). The van der Waals surface area contributed by atoms with E-state index in [1.165, 1.54) is 6.21 Å². The Hall–Kier alpha value is -0.440. The van der Waals surface area contributed by atoms with Gasteiger partial charge in [0.1, 0.15) is 0 Å². The second kappa shape index (κ2) is 5.25. The van der Waals surface area contributed by atoms with E-state index in [0.29, 0.717) is 15.6 Å². The molecule has 12 heavy (non-hydrogen) atoms. The van der Waals surface area contributed by atoms with Gasteiger partial charge in [-0.3, -0.25) is 0 Å². The van der Waals surface area contributed by atoms with Gasteiger partial charge in [0.2, 0.25) is 0 Å². The molecule has 0 aliphatic heterocycles. The summed E-state index contributed by atoms with van der Waals surface area (Å²) >= 11 is 11.4. The van der Waals surface area contributed by atoms with Crippen LogP contribution in [0.3, 0.4) is 0 Å². The van der Waals surface area contributed by atoms with Crippen LogP contribution >= 0.6 is 35.6 Å². The maximum absolute atomic E-state index is 8.22. The van der Waals surface area contributed by atoms with Crippen LogP contribution in [-0.4, -0.2) is 11.4 Å². The fourth-order valence-corrected chi connectivity index (χ4v) is 1.19. The van der Waals surface area contributed by atoms with E-state index in [2.05, 4.69) is 5.16 Å². The molecule has 0 spiro atoms. The zero-order chi connectivity index (χ0) is 8.27. The monoisotopic (exact) mass is 225 g/mol. The first-order valence-corrected chi connectivity index (χ1v) is 3.62. The molecular formula is C7H6Cl3NO. The summed E-state index contributed by atoms with van der Waals surface area (Å²) in [5.74, 6) is 0. The van der Waals surface area contributed by atoms with Crippen molar-refractivity contribution in [3.63, 3.8) is 0 Å². The first kappa shape index (κ1) is 11.6. The van der Waals surface area contributed by atoms with Gasteiger partial charge in [-0.05, 0) is 12.1 Å². The van der Waals surface area contributed by atoms with Gasteiger partial charge >= 0.3 is 0 Å². The summed E-state index contributed by atoms with van der Waals surface area (Å²) in [6, 6.07) is 5.06. The molecule has 0 atom stereocenters. The number of hydrogen-bond acceptors (Lipinski definition) is 2. The van der Waals surface area contributed by atoms with Crippen LogP contribution in [0.4, 0.5) is 0 Å². The van der Waals surface area contributed by atoms with Gasteiger partial charge in [-0.1, -0.05) is 34.4 Å². The van der Waals surface area contributed by atoms with Crippen LogP contribution in [0.2, 0.25) is 10.0 Å². The van der Waals surface area contributed by atoms with Crippen molar-refractivity contribution in [3.8, 4) is 0 Å². The normalized spacial score (nSPS) is 9.83. The molecule has 0 aliphatic carbocycles. The highest BCUT2D eigenvalue weighted by Crippen LogP contribution is 2.21. The van der Waals surface area contributed by atoms with E-state index in [4.69, 9.17) is 28.4 Å². The smallest absolute Gasteiger partial charge is 0.0763 e. The Bertz CT molecular complexity index is 268. The molecular weight excluding hydrogens is 220 g/mol. The van der Waals surface area contributed by atoms with Crippen molar-refractivity contribution in [2.24, 2.45) is 5.16 Å². The molecule has 0 aliphatic rings. The molecule has 0 fully saturated rings. The summed E-state index contributed by atoms with van der Waals surface area (Å²) in [7, 11) is 0. The lowest BCUT2D eigenvalue weighted by Crippen LogP contribution is -1.83. The number of halogens is 3. The number of nitrogens with zero attached hydrogens (tertiary/aromatic N) is 1. The highest BCUT2D eigenvalue weighted by Gasteiger charge is 2.00. The molecule has 0 bridgehead atoms. The second-order valence-electron chi connectivity index (χ2n) is 1.88. The predicted molar refractivity (Wildman–Crippen MR) is 53.1 cm³/mol. The van der Waals surface area contributed by atoms with Crippen molar-refractivity contribution in [2.75, 3.05) is 0 Å². The average Bonchev–Trinajstić information content (AvgIpc) is 1.97. The number of oxime groups is 1. The molecule has 1 N–H and O–H groups in total. The third-order valence-electron chi connectivity index (χ3n) is 1.19. The van der Waals surface area contributed by atoms with Gasteiger partial charge in [0, 0.05) is 5.56 Å². The van der Waals surface area contributed by atoms with E-state index in [1.54, 1.807) is 18.2 Å². The fourth-order valence-electron chi connectivity index (χ4n) is 0.692. The minimum atomic E-state index is 0. The Kier molecular flexibility index (Phi) is 5.06. The molecule has 0 saturated carbocycles. The van der Waals surface area contributed by atoms with Gasteiger partial charge in [-0.25, -0.2) is 0 Å². The van der Waals surface area contributed by atoms with E-state index in [0.717, 1.165) is 0 Å². The summed E-state index contributed by atoms with van der Waals surface area (Å²) < 4.78 is 0. The summed E-state index contributed by atoms with van der Waals surface area (Å²) in [5, 5.41) is 12.0. The number of hydrogen-bond donors (Lipinski definition) is 1. The maximum Gasteiger partial charge on any atom is 0.0763 e. The zero-order valence-corrected chi connectivity index (χ0v) is 8.20. The largest absolute Gasteiger partial charge is 0.411 e. The number of rotatable bonds is 1. The fraction of sp³-hybridized carbons (Fsp3) is 0. The molecule has 0 amide bonds. The predicted octanol–water partition coefficient (Wildman–Crippen LogP) is 3.22. The third kappa shape index (κ3) is 2.55. The summed E-state index contributed by atoms with van der Waals surface area (Å²) in [4.78, 5) is 0. The molecule has 5 heteroatoms. The molecule has 1 aromatic rings. The highest BCUT2D eigenvalue weighted by molar-refractivity contribution is 6.38. The third-order valence-corrected chi connectivity index (χ3v) is 1.85. The quantitative estimate of drug-likeness (QED) is 0.445. The molecule has 1 aromatic carbocycles. The van der Waals surface area contributed by atoms with Crippen LogP contribution in [-0.2, 0) is 0 Å². The Morgan fingerprint density at radius 3 is 2.17 bits per heavy atom. The first-order chi connectivity index (χ1) is 5.25. The van der Waals surface area contributed by atoms with Gasteiger partial charge < -0.3 is 5.21 Å². The van der Waals surface area contributed by atoms with Crippen molar-refractivity contribution < 1.29 is 5.21 Å². The summed E-state index contributed by atoms with van der Waals surface area (Å²) in [6.45, 7) is 0. The van der Waals surface area contributed by atoms with Gasteiger partial charge in [0.25, 0.3) is 0 Å². The van der Waals surface area contributed by atoms with Crippen LogP contribution in [0, 0.1) is 0 Å². The van der Waals surface area contributed by atoms with Gasteiger partial charge in [0.05, 0.1) is 16.3 Å². The molecule has 0 aromatic heterocycles. The minimum absolute atomic E-state index is 0. The Morgan fingerprint density at radius 2 is 1.75 bits per heavy atom. The van der Waals surface area contributed by atoms with E-state index in [1.807, 2.05) is 0 Å². The van der Waals surface area contributed by atoms with E-state index in [9.17, 15) is 0 Å². The zero-order valence-electron chi connectivity index (χ0n) is 5.87. The SMILES string of the molecule is Cl.ON=Cc1c(Cl)cccc1Cl. The second-order valence-corrected chi connectivity index (χ2v) is 2.69. The van der Waals surface area contributed by atoms with Gasteiger partial charge in [0.15, 0.2) is 0 Å². The van der Waals surface area contributed by atoms with Crippen LogP contribution in [0.25, 0.3) is 0 Å². The Labute approximate surface area is 86.2 Å². The molecule has 0 unspecified atom stereocenters. The summed E-state index contributed by atoms with van der Waals surface area (Å²) in [6.07, 6.45) is 1.20. The van der Waals surface area contributed by atoms with Gasteiger partial charge in [-0.15, -0.1) is 12.4 Å². The van der Waals surface area contributed by atoms with Crippen molar-refractivity contribution >= 4 is 41.8 Å². The lowest BCUT2D eigenvalue weighted by Gasteiger charge is -1.97. The first-order valence-electron chi connectivity index (χ1n) is 2.87. The maximum atomic E-state index is 8.22. The lowest BCUT2D eigenvalue weighted by atomic mass is 10.2. The summed E-state index contributed by atoms with van der Waals surface area (Å²) in [5.41, 5.74) is 0.526. The number of benzene rings is 1. The topological polar surface area (TPSA) is 32.6 Å². The standard InChI is InChI=1S/C7H5Cl2NO.ClH/c8-6-2-1-3-7(9)5(6)4-10-11;/h1-4,11H;1H. The Morgan fingerprint density at radius 1 is 1.25 bits per heavy atom. The Balaban J connectivity index is 0.00000121. The van der Waals surface area contributed by atoms with Crippen LogP contribution < -0.4 is 0 Å². The van der Waals surface area contributed by atoms with Crippen molar-refractivity contribution in [3.05, 3.63) is 33.8 Å². The highest BCUT2D eigenvalue weighted by atomic mass is 35.5. The average molecular weight is 226 g/mol. The van der Waals surface area contributed by atoms with E-state index in [-0.39, 0.29) is 12.4 Å². The van der Waals surface area contributed by atoms with Crippen molar-refractivity contribution in [1.82, 2.24) is 0 Å².